The number of amides is 1. The monoisotopic (exact) mass is 501 g/mol. The van der Waals surface area contributed by atoms with Gasteiger partial charge < -0.3 is 20.6 Å². The molecule has 2 aromatic heterocycles. The van der Waals surface area contributed by atoms with Gasteiger partial charge in [-0.1, -0.05) is 18.3 Å². The predicted molar refractivity (Wildman–Crippen MR) is 139 cm³/mol. The Morgan fingerprint density at radius 2 is 1.91 bits per heavy atom. The van der Waals surface area contributed by atoms with E-state index >= 15 is 0 Å². The highest BCUT2D eigenvalue weighted by Gasteiger charge is 2.22. The van der Waals surface area contributed by atoms with Gasteiger partial charge >= 0.3 is 0 Å². The van der Waals surface area contributed by atoms with E-state index < -0.39 is 0 Å². The smallest absolute Gasteiger partial charge is 0.253 e. The molecule has 0 aliphatic carbocycles. The molecule has 11 heteroatoms. The molecule has 1 saturated heterocycles. The summed E-state index contributed by atoms with van der Waals surface area (Å²) >= 11 is 3.19. The summed E-state index contributed by atoms with van der Waals surface area (Å²) in [5.74, 6) is 1.04. The summed E-state index contributed by atoms with van der Waals surface area (Å²) in [6, 6.07) is 5.73. The molecule has 4 rings (SSSR count). The van der Waals surface area contributed by atoms with Crippen LogP contribution >= 0.6 is 23.1 Å². The number of nitrogens with one attached hydrogen (secondary N) is 2. The molecule has 182 valence electrons. The first-order chi connectivity index (χ1) is 16.6. The van der Waals surface area contributed by atoms with Crippen molar-refractivity contribution in [3.63, 3.8) is 0 Å². The van der Waals surface area contributed by atoms with Crippen LogP contribution in [0.1, 0.15) is 17.3 Å². The topological polar surface area (TPSA) is 107 Å². The number of aliphatic hydroxyl groups is 1. The molecule has 34 heavy (non-hydrogen) atoms. The number of piperazine rings is 1. The van der Waals surface area contributed by atoms with Crippen molar-refractivity contribution in [2.24, 2.45) is 5.92 Å². The molecule has 9 nitrogen and oxygen atoms in total. The summed E-state index contributed by atoms with van der Waals surface area (Å²) in [7, 11) is 0. The van der Waals surface area contributed by atoms with Crippen molar-refractivity contribution in [1.29, 1.82) is 0 Å². The first-order valence-electron chi connectivity index (χ1n) is 11.4. The van der Waals surface area contributed by atoms with Crippen LogP contribution in [-0.4, -0.2) is 94.4 Å². The van der Waals surface area contributed by atoms with Gasteiger partial charge in [0.15, 0.2) is 5.13 Å². The first-order valence-corrected chi connectivity index (χ1v) is 13.5. The minimum atomic E-state index is 0.0564. The van der Waals surface area contributed by atoms with Crippen LogP contribution in [0, 0.1) is 5.92 Å². The third kappa shape index (κ3) is 6.35. The van der Waals surface area contributed by atoms with Crippen molar-refractivity contribution in [2.45, 2.75) is 11.8 Å². The minimum absolute atomic E-state index is 0.0564. The van der Waals surface area contributed by atoms with Crippen LogP contribution < -0.4 is 10.6 Å². The Labute approximate surface area is 208 Å². The summed E-state index contributed by atoms with van der Waals surface area (Å²) in [5.41, 5.74) is 1.59. The van der Waals surface area contributed by atoms with Gasteiger partial charge in [0.05, 0.1) is 16.8 Å². The predicted octanol–water partition coefficient (Wildman–Crippen LogP) is 2.72. The largest absolute Gasteiger partial charge is 0.395 e. The molecular weight excluding hydrogens is 470 g/mol. The van der Waals surface area contributed by atoms with Crippen LogP contribution in [0.5, 0.6) is 0 Å². The van der Waals surface area contributed by atoms with Crippen LogP contribution in [0.2, 0.25) is 0 Å². The van der Waals surface area contributed by atoms with Gasteiger partial charge in [0, 0.05) is 68.7 Å². The zero-order chi connectivity index (χ0) is 23.9. The van der Waals surface area contributed by atoms with Crippen molar-refractivity contribution >= 4 is 50.3 Å². The van der Waals surface area contributed by atoms with E-state index in [1.54, 1.807) is 23.1 Å². The number of anilines is 2. The molecule has 1 fully saturated rings. The van der Waals surface area contributed by atoms with Gasteiger partial charge in [-0.3, -0.25) is 9.69 Å². The molecule has 3 N–H and O–H groups in total. The van der Waals surface area contributed by atoms with Crippen molar-refractivity contribution in [3.05, 3.63) is 36.2 Å². The molecule has 3 aromatic rings. The number of nitrogens with zero attached hydrogens (tertiary/aromatic N) is 5. The van der Waals surface area contributed by atoms with Gasteiger partial charge in [0.2, 0.25) is 5.95 Å². The second kappa shape index (κ2) is 11.8. The Bertz CT molecular complexity index is 1080. The fraction of sp³-hybridized carbons (Fsp3) is 0.478. The van der Waals surface area contributed by atoms with Crippen molar-refractivity contribution in [1.82, 2.24) is 24.8 Å². The quantitative estimate of drug-likeness (QED) is 0.362. The summed E-state index contributed by atoms with van der Waals surface area (Å²) in [6.07, 6.45) is 5.64. The number of thioether (sulfide) groups is 1. The second-order valence-electron chi connectivity index (χ2n) is 8.37. The zero-order valence-corrected chi connectivity index (χ0v) is 21.2. The molecule has 0 saturated carbocycles. The Morgan fingerprint density at radius 1 is 1.18 bits per heavy atom. The lowest BCUT2D eigenvalue weighted by Crippen LogP contribution is -2.49. The average Bonchev–Trinajstić information content (AvgIpc) is 3.29. The Balaban J connectivity index is 1.29. The van der Waals surface area contributed by atoms with E-state index in [1.165, 1.54) is 0 Å². The summed E-state index contributed by atoms with van der Waals surface area (Å²) in [4.78, 5) is 31.4. The summed E-state index contributed by atoms with van der Waals surface area (Å²) in [5, 5.41) is 16.6. The fourth-order valence-electron chi connectivity index (χ4n) is 3.74. The van der Waals surface area contributed by atoms with Crippen molar-refractivity contribution in [3.8, 4) is 0 Å². The van der Waals surface area contributed by atoms with Crippen LogP contribution in [0.3, 0.4) is 0 Å². The molecule has 1 amide bonds. The molecule has 0 radical (unpaired) electrons. The number of benzene rings is 1. The Kier molecular flexibility index (Phi) is 8.54. The molecule has 0 unspecified atom stereocenters. The van der Waals surface area contributed by atoms with E-state index in [4.69, 9.17) is 5.11 Å². The highest BCUT2D eigenvalue weighted by molar-refractivity contribution is 7.98. The maximum atomic E-state index is 13.0. The van der Waals surface area contributed by atoms with Gasteiger partial charge in [-0.15, -0.1) is 11.8 Å². The maximum absolute atomic E-state index is 13.0. The van der Waals surface area contributed by atoms with E-state index in [1.807, 2.05) is 41.7 Å². The maximum Gasteiger partial charge on any atom is 0.253 e. The molecule has 0 spiro atoms. The number of hydrogen-bond donors (Lipinski definition) is 3. The van der Waals surface area contributed by atoms with Crippen LogP contribution in [0.25, 0.3) is 10.2 Å². The number of fused-ring (bicyclic) bond motifs is 1. The summed E-state index contributed by atoms with van der Waals surface area (Å²) < 4.78 is 1.00. The van der Waals surface area contributed by atoms with E-state index in [0.717, 1.165) is 46.4 Å². The number of rotatable bonds is 10. The number of carbonyl (C=O) groups excluding carboxylic acids is 1. The number of carbonyl (C=O) groups is 1. The molecular formula is C23H31N7O2S2. The van der Waals surface area contributed by atoms with Gasteiger partial charge in [-0.05, 0) is 30.4 Å². The van der Waals surface area contributed by atoms with Crippen LogP contribution in [0.15, 0.2) is 35.5 Å². The number of thiazole rings is 1. The van der Waals surface area contributed by atoms with Crippen molar-refractivity contribution < 1.29 is 9.90 Å². The van der Waals surface area contributed by atoms with Gasteiger partial charge in [-0.25, -0.2) is 15.0 Å². The van der Waals surface area contributed by atoms with Gasteiger partial charge in [0.1, 0.15) is 0 Å². The molecule has 1 aliphatic rings. The average molecular weight is 502 g/mol. The van der Waals surface area contributed by atoms with Crippen LogP contribution in [-0.2, 0) is 0 Å². The molecule has 0 bridgehead atoms. The minimum Gasteiger partial charge on any atom is -0.395 e. The molecule has 3 heterocycles. The highest BCUT2D eigenvalue weighted by atomic mass is 32.2. The Morgan fingerprint density at radius 3 is 2.62 bits per heavy atom. The van der Waals surface area contributed by atoms with E-state index in [-0.39, 0.29) is 12.5 Å². The fourth-order valence-corrected chi connectivity index (χ4v) is 4.97. The molecule has 1 aliphatic heterocycles. The van der Waals surface area contributed by atoms with E-state index in [2.05, 4.69) is 37.4 Å². The number of aliphatic hydroxyl groups excluding tert-OH is 1. The third-order valence-corrected chi connectivity index (χ3v) is 7.44. The normalized spacial score (nSPS) is 15.4. The molecule has 1 atom stereocenters. The van der Waals surface area contributed by atoms with E-state index in [0.29, 0.717) is 37.1 Å². The third-order valence-electron chi connectivity index (χ3n) is 5.79. The summed E-state index contributed by atoms with van der Waals surface area (Å²) in [6.45, 7) is 7.45. The lowest BCUT2D eigenvalue weighted by Gasteiger charge is -2.34. The van der Waals surface area contributed by atoms with Crippen LogP contribution in [0.4, 0.5) is 11.1 Å². The lowest BCUT2D eigenvalue weighted by atomic mass is 10.1. The lowest BCUT2D eigenvalue weighted by molar-refractivity contribution is 0.0615. The standard InChI is InChI=1S/C23H31N7O2S2/c1-16(12-24-22-25-14-18(33-2)15-26-22)13-27-23-28-19-4-3-17(11-20(19)34-23)21(32)30-7-5-29(6-8-30)9-10-31/h3-4,11,14-16,31H,5-10,12-13H2,1-2H3,(H,27,28)(H,24,25,26)/t16-/m0/s1. The highest BCUT2D eigenvalue weighted by Crippen LogP contribution is 2.27. The molecule has 1 aromatic carbocycles. The van der Waals surface area contributed by atoms with E-state index in [9.17, 15) is 4.79 Å². The number of hydrogen-bond acceptors (Lipinski definition) is 10. The SMILES string of the molecule is CSc1cnc(NC[C@H](C)CNc2nc3ccc(C(=O)N4CCN(CCO)CC4)cc3s2)nc1. The van der Waals surface area contributed by atoms with Gasteiger partial charge in [0.25, 0.3) is 5.91 Å². The Hall–Kier alpha value is -2.47. The second-order valence-corrected chi connectivity index (χ2v) is 10.3. The first kappa shape index (κ1) is 24.6. The zero-order valence-electron chi connectivity index (χ0n) is 19.5. The number of β-amino-alcohol motifs (C(OH)–C–C–N with tert-alkyl or cyclic N) is 1. The number of aromatic nitrogens is 3. The van der Waals surface area contributed by atoms with Crippen molar-refractivity contribution in [2.75, 3.05) is 69.3 Å². The van der Waals surface area contributed by atoms with Gasteiger partial charge in [-0.2, -0.15) is 0 Å².